The summed E-state index contributed by atoms with van der Waals surface area (Å²) >= 11 is 0. The molecule has 0 aliphatic carbocycles. The molecule has 0 saturated heterocycles. The zero-order valence-corrected chi connectivity index (χ0v) is 16.3. The number of rotatable bonds is 5. The molecule has 1 N–H and O–H groups in total. The third kappa shape index (κ3) is 3.76. The van der Waals surface area contributed by atoms with Crippen LogP contribution in [0, 0.1) is 32.4 Å². The van der Waals surface area contributed by atoms with E-state index < -0.39 is 11.6 Å². The van der Waals surface area contributed by atoms with Gasteiger partial charge in [-0.1, -0.05) is 6.07 Å². The number of amides is 1. The molecular formula is C22H22F2N2O2. The van der Waals surface area contributed by atoms with Gasteiger partial charge >= 0.3 is 0 Å². The van der Waals surface area contributed by atoms with Crippen molar-refractivity contribution in [1.82, 2.24) is 4.57 Å². The van der Waals surface area contributed by atoms with Crippen molar-refractivity contribution in [3.8, 4) is 5.75 Å². The van der Waals surface area contributed by atoms with Gasteiger partial charge in [-0.25, -0.2) is 8.78 Å². The second kappa shape index (κ2) is 7.84. The van der Waals surface area contributed by atoms with Crippen molar-refractivity contribution in [3.05, 3.63) is 82.2 Å². The smallest absolute Gasteiger partial charge is 0.272 e. The normalized spacial score (nSPS) is 10.8. The Bertz CT molecular complexity index is 1020. The van der Waals surface area contributed by atoms with Gasteiger partial charge in [-0.2, -0.15) is 0 Å². The fraction of sp³-hybridized carbons (Fsp3) is 0.227. The molecule has 6 heteroatoms. The van der Waals surface area contributed by atoms with Crippen LogP contribution in [0.5, 0.6) is 5.75 Å². The van der Waals surface area contributed by atoms with Crippen molar-refractivity contribution in [2.24, 2.45) is 0 Å². The molecule has 0 saturated carbocycles. The molecular weight excluding hydrogens is 362 g/mol. The van der Waals surface area contributed by atoms with Gasteiger partial charge < -0.3 is 14.6 Å². The number of carbonyl (C=O) groups is 1. The lowest BCUT2D eigenvalue weighted by atomic mass is 10.1. The van der Waals surface area contributed by atoms with Gasteiger partial charge in [-0.3, -0.25) is 4.79 Å². The van der Waals surface area contributed by atoms with E-state index in [9.17, 15) is 13.6 Å². The van der Waals surface area contributed by atoms with Crippen LogP contribution in [0.4, 0.5) is 14.5 Å². The minimum atomic E-state index is -0.634. The standard InChI is InChI=1S/C22H22F2N2O2/c1-13-14(2)21(22(27)25-18-7-9-19(28-4)10-8-18)26(15(13)3)12-16-5-6-17(23)11-20(16)24/h5-11H,12H2,1-4H3,(H,25,27). The molecule has 2 aromatic carbocycles. The Hall–Kier alpha value is -3.15. The predicted molar refractivity (Wildman–Crippen MR) is 105 cm³/mol. The maximum Gasteiger partial charge on any atom is 0.272 e. The van der Waals surface area contributed by atoms with Gasteiger partial charge in [-0.15, -0.1) is 0 Å². The highest BCUT2D eigenvalue weighted by Crippen LogP contribution is 2.25. The molecule has 1 amide bonds. The van der Waals surface area contributed by atoms with E-state index in [4.69, 9.17) is 4.74 Å². The molecule has 3 rings (SSSR count). The number of carbonyl (C=O) groups excluding carboxylic acids is 1. The number of methoxy groups -OCH3 is 1. The van der Waals surface area contributed by atoms with Crippen LogP contribution < -0.4 is 10.1 Å². The SMILES string of the molecule is COc1ccc(NC(=O)c2c(C)c(C)c(C)n2Cc2ccc(F)cc2F)cc1. The molecule has 0 aliphatic rings. The highest BCUT2D eigenvalue weighted by Gasteiger charge is 2.22. The summed E-state index contributed by atoms with van der Waals surface area (Å²) in [6.45, 7) is 5.81. The summed E-state index contributed by atoms with van der Waals surface area (Å²) in [5.74, 6) is -0.863. The van der Waals surface area contributed by atoms with Gasteiger partial charge in [0, 0.05) is 23.0 Å². The van der Waals surface area contributed by atoms with Crippen LogP contribution >= 0.6 is 0 Å². The molecule has 146 valence electrons. The molecule has 0 spiro atoms. The first-order valence-corrected chi connectivity index (χ1v) is 8.87. The molecule has 0 unspecified atom stereocenters. The largest absolute Gasteiger partial charge is 0.497 e. The third-order valence-corrected chi connectivity index (χ3v) is 5.04. The molecule has 0 aliphatic heterocycles. The summed E-state index contributed by atoms with van der Waals surface area (Å²) in [6, 6.07) is 10.5. The Morgan fingerprint density at radius 3 is 2.32 bits per heavy atom. The lowest BCUT2D eigenvalue weighted by molar-refractivity contribution is 0.101. The molecule has 0 atom stereocenters. The number of ether oxygens (including phenoxy) is 1. The molecule has 1 aromatic heterocycles. The Morgan fingerprint density at radius 1 is 1.04 bits per heavy atom. The minimum absolute atomic E-state index is 0.137. The van der Waals surface area contributed by atoms with E-state index in [1.54, 1.807) is 35.9 Å². The molecule has 0 bridgehead atoms. The number of anilines is 1. The average molecular weight is 384 g/mol. The van der Waals surface area contributed by atoms with Gasteiger partial charge in [0.2, 0.25) is 0 Å². The second-order valence-electron chi connectivity index (χ2n) is 6.69. The highest BCUT2D eigenvalue weighted by molar-refractivity contribution is 6.04. The van der Waals surface area contributed by atoms with E-state index in [-0.39, 0.29) is 12.5 Å². The summed E-state index contributed by atoms with van der Waals surface area (Å²) in [5, 5.41) is 2.87. The lowest BCUT2D eigenvalue weighted by Crippen LogP contribution is -2.19. The second-order valence-corrected chi connectivity index (χ2v) is 6.69. The van der Waals surface area contributed by atoms with E-state index in [0.29, 0.717) is 22.7 Å². The molecule has 0 fully saturated rings. The van der Waals surface area contributed by atoms with Crippen LogP contribution in [-0.4, -0.2) is 17.6 Å². The van der Waals surface area contributed by atoms with Gasteiger partial charge in [0.05, 0.1) is 13.7 Å². The average Bonchev–Trinajstić information content (AvgIpc) is 2.88. The Kier molecular flexibility index (Phi) is 5.49. The lowest BCUT2D eigenvalue weighted by Gasteiger charge is -2.14. The summed E-state index contributed by atoms with van der Waals surface area (Å²) < 4.78 is 34.3. The first-order valence-electron chi connectivity index (χ1n) is 8.87. The topological polar surface area (TPSA) is 43.3 Å². The summed E-state index contributed by atoms with van der Waals surface area (Å²) in [5.41, 5.74) is 4.04. The molecule has 0 radical (unpaired) electrons. The van der Waals surface area contributed by atoms with Crippen molar-refractivity contribution < 1.29 is 18.3 Å². The minimum Gasteiger partial charge on any atom is -0.497 e. The summed E-state index contributed by atoms with van der Waals surface area (Å²) in [4.78, 5) is 13.0. The Morgan fingerprint density at radius 2 is 1.71 bits per heavy atom. The van der Waals surface area contributed by atoms with E-state index in [1.165, 1.54) is 12.1 Å². The van der Waals surface area contributed by atoms with E-state index in [1.807, 2.05) is 20.8 Å². The maximum atomic E-state index is 14.2. The van der Waals surface area contributed by atoms with Crippen molar-refractivity contribution >= 4 is 11.6 Å². The van der Waals surface area contributed by atoms with E-state index >= 15 is 0 Å². The van der Waals surface area contributed by atoms with Crippen LogP contribution in [0.25, 0.3) is 0 Å². The van der Waals surface area contributed by atoms with E-state index in [0.717, 1.165) is 22.9 Å². The first kappa shape index (κ1) is 19.6. The predicted octanol–water partition coefficient (Wildman–Crippen LogP) is 5.00. The number of benzene rings is 2. The van der Waals surface area contributed by atoms with Crippen molar-refractivity contribution in [3.63, 3.8) is 0 Å². The molecule has 28 heavy (non-hydrogen) atoms. The fourth-order valence-corrected chi connectivity index (χ4v) is 3.20. The Balaban J connectivity index is 1.95. The fourth-order valence-electron chi connectivity index (χ4n) is 3.20. The molecule has 1 heterocycles. The van der Waals surface area contributed by atoms with Crippen molar-refractivity contribution in [2.45, 2.75) is 27.3 Å². The monoisotopic (exact) mass is 384 g/mol. The third-order valence-electron chi connectivity index (χ3n) is 5.04. The van der Waals surface area contributed by atoms with Gasteiger partial charge in [0.15, 0.2) is 0 Å². The van der Waals surface area contributed by atoms with Crippen LogP contribution in [0.15, 0.2) is 42.5 Å². The quantitative estimate of drug-likeness (QED) is 0.673. The number of halogens is 2. The van der Waals surface area contributed by atoms with Gasteiger partial charge in [-0.05, 0) is 62.2 Å². The number of hydrogen-bond acceptors (Lipinski definition) is 2. The number of nitrogens with zero attached hydrogens (tertiary/aromatic N) is 1. The highest BCUT2D eigenvalue weighted by atomic mass is 19.1. The molecule has 3 aromatic rings. The molecule has 4 nitrogen and oxygen atoms in total. The number of aromatic nitrogens is 1. The zero-order chi connectivity index (χ0) is 20.4. The number of nitrogens with one attached hydrogen (secondary N) is 1. The van der Waals surface area contributed by atoms with Gasteiger partial charge in [0.1, 0.15) is 23.1 Å². The number of hydrogen-bond donors (Lipinski definition) is 1. The summed E-state index contributed by atoms with van der Waals surface area (Å²) in [7, 11) is 1.57. The van der Waals surface area contributed by atoms with Crippen LogP contribution in [-0.2, 0) is 6.54 Å². The van der Waals surface area contributed by atoms with Crippen molar-refractivity contribution in [1.29, 1.82) is 0 Å². The van der Waals surface area contributed by atoms with Gasteiger partial charge in [0.25, 0.3) is 5.91 Å². The first-order chi connectivity index (χ1) is 13.3. The van der Waals surface area contributed by atoms with Crippen LogP contribution in [0.2, 0.25) is 0 Å². The van der Waals surface area contributed by atoms with Crippen LogP contribution in [0.1, 0.15) is 32.9 Å². The maximum absolute atomic E-state index is 14.2. The Labute approximate surface area is 162 Å². The van der Waals surface area contributed by atoms with Crippen molar-refractivity contribution in [2.75, 3.05) is 12.4 Å². The summed E-state index contributed by atoms with van der Waals surface area (Å²) in [6.07, 6.45) is 0. The zero-order valence-electron chi connectivity index (χ0n) is 16.3. The van der Waals surface area contributed by atoms with Crippen LogP contribution in [0.3, 0.4) is 0 Å². The van der Waals surface area contributed by atoms with E-state index in [2.05, 4.69) is 5.32 Å².